The molecule has 1 atom stereocenters. The van der Waals surface area contributed by atoms with Crippen molar-refractivity contribution in [3.05, 3.63) is 36.5 Å². The summed E-state index contributed by atoms with van der Waals surface area (Å²) in [6, 6.07) is 0.0331. The Balaban J connectivity index is 2.78. The van der Waals surface area contributed by atoms with Crippen LogP contribution in [0.2, 0.25) is 0 Å². The molecule has 0 bridgehead atoms. The summed E-state index contributed by atoms with van der Waals surface area (Å²) in [5.74, 6) is -0.00973. The highest BCUT2D eigenvalue weighted by Gasteiger charge is 2.27. The fourth-order valence-electron chi connectivity index (χ4n) is 2.12. The third-order valence-electron chi connectivity index (χ3n) is 3.30. The Bertz CT molecular complexity index is 438. The first-order chi connectivity index (χ1) is 9.35. The zero-order chi connectivity index (χ0) is 15.2. The minimum absolute atomic E-state index is 0.00973. The molecule has 0 aliphatic carbocycles. The van der Waals surface area contributed by atoms with Crippen LogP contribution in [0.25, 0.3) is 0 Å². The molecule has 1 aliphatic heterocycles. The van der Waals surface area contributed by atoms with E-state index >= 15 is 0 Å². The topological polar surface area (TPSA) is 32.7 Å². The second kappa shape index (κ2) is 7.22. The minimum Gasteiger partial charge on any atom is -0.311 e. The van der Waals surface area contributed by atoms with Gasteiger partial charge in [-0.1, -0.05) is 51.7 Å². The Hall–Kier alpha value is -1.64. The van der Waals surface area contributed by atoms with Crippen LogP contribution in [0.4, 0.5) is 0 Å². The van der Waals surface area contributed by atoms with Crippen LogP contribution in [0.5, 0.6) is 0 Å². The summed E-state index contributed by atoms with van der Waals surface area (Å²) in [5.41, 5.74) is 1.21. The molecule has 1 amide bonds. The van der Waals surface area contributed by atoms with E-state index in [0.717, 1.165) is 18.4 Å². The summed E-state index contributed by atoms with van der Waals surface area (Å²) in [6.45, 7) is 13.2. The fourth-order valence-corrected chi connectivity index (χ4v) is 2.12. The van der Waals surface area contributed by atoms with Gasteiger partial charge >= 0.3 is 0 Å². The zero-order valence-electron chi connectivity index (χ0n) is 13.1. The van der Waals surface area contributed by atoms with Crippen LogP contribution < -0.4 is 0 Å². The molecular weight excluding hydrogens is 248 g/mol. The van der Waals surface area contributed by atoms with Crippen LogP contribution in [-0.4, -0.2) is 29.7 Å². The molecule has 1 rings (SSSR count). The summed E-state index contributed by atoms with van der Waals surface area (Å²) < 4.78 is 0. The molecule has 3 heteroatoms. The van der Waals surface area contributed by atoms with Crippen molar-refractivity contribution >= 4 is 12.1 Å². The number of carbonyl (C=O) groups is 1. The third-order valence-corrected chi connectivity index (χ3v) is 3.30. The van der Waals surface area contributed by atoms with Gasteiger partial charge in [0.2, 0.25) is 0 Å². The summed E-state index contributed by atoms with van der Waals surface area (Å²) in [6.07, 6.45) is 11.3. The molecule has 1 unspecified atom stereocenters. The van der Waals surface area contributed by atoms with Gasteiger partial charge in [0.1, 0.15) is 6.67 Å². The quantitative estimate of drug-likeness (QED) is 0.679. The molecule has 3 nitrogen and oxygen atoms in total. The summed E-state index contributed by atoms with van der Waals surface area (Å²) in [7, 11) is 0. The molecule has 0 aromatic carbocycles. The van der Waals surface area contributed by atoms with Gasteiger partial charge in [0.05, 0.1) is 12.3 Å². The van der Waals surface area contributed by atoms with Crippen molar-refractivity contribution in [2.24, 2.45) is 10.4 Å². The van der Waals surface area contributed by atoms with Gasteiger partial charge in [-0.25, -0.2) is 0 Å². The van der Waals surface area contributed by atoms with Crippen LogP contribution in [0.15, 0.2) is 41.4 Å². The lowest BCUT2D eigenvalue weighted by atomic mass is 9.87. The van der Waals surface area contributed by atoms with Gasteiger partial charge in [-0.2, -0.15) is 0 Å². The molecule has 0 N–H and O–H groups in total. The van der Waals surface area contributed by atoms with Crippen molar-refractivity contribution in [2.45, 2.75) is 46.6 Å². The Morgan fingerprint density at radius 2 is 2.20 bits per heavy atom. The van der Waals surface area contributed by atoms with Crippen LogP contribution in [-0.2, 0) is 4.79 Å². The molecule has 1 aliphatic rings. The molecule has 0 aromatic rings. The maximum absolute atomic E-state index is 11.9. The van der Waals surface area contributed by atoms with Gasteiger partial charge in [0, 0.05) is 0 Å². The first-order valence-electron chi connectivity index (χ1n) is 7.14. The van der Waals surface area contributed by atoms with E-state index in [1.165, 1.54) is 6.21 Å². The van der Waals surface area contributed by atoms with Gasteiger partial charge in [0.15, 0.2) is 0 Å². The average Bonchev–Trinajstić information content (AvgIpc) is 2.75. The van der Waals surface area contributed by atoms with E-state index < -0.39 is 0 Å². The van der Waals surface area contributed by atoms with Crippen molar-refractivity contribution < 1.29 is 4.79 Å². The van der Waals surface area contributed by atoms with Crippen molar-refractivity contribution in [1.29, 1.82) is 0 Å². The molecule has 0 fully saturated rings. The van der Waals surface area contributed by atoms with E-state index in [-0.39, 0.29) is 17.4 Å². The standard InChI is InChI=1S/C17H26N2O/c1-6-7-8-9-14(2)15(10-11-17(3,4)5)19-13-18-12-16(19)20/h6-9,12,15H,2,10-11,13H2,1,3-5H3/b7-6-,9-8-. The number of allylic oxidation sites excluding steroid dienone is 3. The first-order valence-corrected chi connectivity index (χ1v) is 7.14. The lowest BCUT2D eigenvalue weighted by molar-refractivity contribution is -0.124. The lowest BCUT2D eigenvalue weighted by Gasteiger charge is -2.30. The highest BCUT2D eigenvalue weighted by atomic mass is 16.2. The lowest BCUT2D eigenvalue weighted by Crippen LogP contribution is -2.39. The summed E-state index contributed by atoms with van der Waals surface area (Å²) >= 11 is 0. The molecule has 0 aromatic heterocycles. The molecule has 20 heavy (non-hydrogen) atoms. The molecule has 0 saturated carbocycles. The Morgan fingerprint density at radius 1 is 1.50 bits per heavy atom. The number of amides is 1. The molecular formula is C17H26N2O. The maximum atomic E-state index is 11.9. The van der Waals surface area contributed by atoms with E-state index in [4.69, 9.17) is 0 Å². The van der Waals surface area contributed by atoms with E-state index in [0.29, 0.717) is 6.67 Å². The van der Waals surface area contributed by atoms with Crippen LogP contribution in [0, 0.1) is 5.41 Å². The molecule has 0 spiro atoms. The van der Waals surface area contributed by atoms with Crippen LogP contribution in [0.1, 0.15) is 40.5 Å². The zero-order valence-corrected chi connectivity index (χ0v) is 13.1. The van der Waals surface area contributed by atoms with Gasteiger partial charge in [-0.3, -0.25) is 9.79 Å². The highest BCUT2D eigenvalue weighted by molar-refractivity contribution is 6.27. The van der Waals surface area contributed by atoms with Gasteiger partial charge < -0.3 is 4.90 Å². The van der Waals surface area contributed by atoms with Crippen molar-refractivity contribution in [2.75, 3.05) is 6.67 Å². The van der Waals surface area contributed by atoms with E-state index in [2.05, 4.69) is 32.3 Å². The number of hydrogen-bond donors (Lipinski definition) is 0. The number of carbonyl (C=O) groups excluding carboxylic acids is 1. The van der Waals surface area contributed by atoms with E-state index in [1.807, 2.05) is 31.2 Å². The van der Waals surface area contributed by atoms with Crippen LogP contribution in [0.3, 0.4) is 0 Å². The second-order valence-electron chi connectivity index (χ2n) is 6.34. The first kappa shape index (κ1) is 16.4. The molecule has 1 heterocycles. The Labute approximate surface area is 122 Å². The summed E-state index contributed by atoms with van der Waals surface area (Å²) in [5, 5.41) is 0. The van der Waals surface area contributed by atoms with Crippen molar-refractivity contribution in [1.82, 2.24) is 4.90 Å². The third kappa shape index (κ3) is 5.16. The van der Waals surface area contributed by atoms with Gasteiger partial charge in [-0.05, 0) is 30.8 Å². The minimum atomic E-state index is -0.00973. The monoisotopic (exact) mass is 274 g/mol. The van der Waals surface area contributed by atoms with Crippen molar-refractivity contribution in [3.63, 3.8) is 0 Å². The highest BCUT2D eigenvalue weighted by Crippen LogP contribution is 2.26. The van der Waals surface area contributed by atoms with Gasteiger partial charge in [0.25, 0.3) is 5.91 Å². The predicted octanol–water partition coefficient (Wildman–Crippen LogP) is 3.74. The maximum Gasteiger partial charge on any atom is 0.266 e. The summed E-state index contributed by atoms with van der Waals surface area (Å²) in [4.78, 5) is 17.7. The average molecular weight is 274 g/mol. The van der Waals surface area contributed by atoms with E-state index in [1.54, 1.807) is 4.90 Å². The van der Waals surface area contributed by atoms with E-state index in [9.17, 15) is 4.79 Å². The Morgan fingerprint density at radius 3 is 2.70 bits per heavy atom. The smallest absolute Gasteiger partial charge is 0.266 e. The molecule has 110 valence electrons. The number of nitrogens with zero attached hydrogens (tertiary/aromatic N) is 2. The van der Waals surface area contributed by atoms with Gasteiger partial charge in [-0.15, -0.1) is 0 Å². The van der Waals surface area contributed by atoms with Crippen LogP contribution >= 0.6 is 0 Å². The molecule has 0 radical (unpaired) electrons. The number of hydrogen-bond acceptors (Lipinski definition) is 2. The van der Waals surface area contributed by atoms with Crippen molar-refractivity contribution in [3.8, 4) is 0 Å². The fraction of sp³-hybridized carbons (Fsp3) is 0.529. The predicted molar refractivity (Wildman–Crippen MR) is 85.8 cm³/mol. The Kier molecular flexibility index (Phi) is 5.93. The molecule has 0 saturated heterocycles. The normalized spacial score (nSPS) is 17.6. The SMILES string of the molecule is C=C(/C=C\C=C/C)C(CCC(C)(C)C)N1CN=CC1=O. The largest absolute Gasteiger partial charge is 0.311 e. The second-order valence-corrected chi connectivity index (χ2v) is 6.34. The number of rotatable bonds is 6. The number of aliphatic imine (C=N–C) groups is 1.